The molecule has 0 saturated heterocycles. The third-order valence-electron chi connectivity index (χ3n) is 8.99. The normalized spacial score (nSPS) is 12.7. The molecule has 0 fully saturated rings. The number of hydrogen-bond donors (Lipinski definition) is 3. The number of phenolic OH excluding ortho intramolecular Hbond substituents is 1. The van der Waals surface area contributed by atoms with Crippen molar-refractivity contribution in [1.29, 1.82) is 0 Å². The summed E-state index contributed by atoms with van der Waals surface area (Å²) in [6, 6.07) is 39.3. The number of benzene rings is 5. The van der Waals surface area contributed by atoms with Gasteiger partial charge < -0.3 is 25.1 Å². The lowest BCUT2D eigenvalue weighted by Gasteiger charge is -2.37. The third kappa shape index (κ3) is 6.91. The van der Waals surface area contributed by atoms with Crippen LogP contribution in [0.5, 0.6) is 5.75 Å². The minimum atomic E-state index is -0.935. The van der Waals surface area contributed by atoms with Gasteiger partial charge in [-0.05, 0) is 40.5 Å². The van der Waals surface area contributed by atoms with Crippen LogP contribution in [0.15, 0.2) is 140 Å². The lowest BCUT2D eigenvalue weighted by molar-refractivity contribution is -0.126. The highest BCUT2D eigenvalue weighted by molar-refractivity contribution is 6.05. The number of carbonyl (C=O) groups excluding carboxylic acids is 3. The molecule has 6 rings (SSSR count). The zero-order valence-corrected chi connectivity index (χ0v) is 28.1. The van der Waals surface area contributed by atoms with Crippen molar-refractivity contribution < 1.29 is 19.5 Å². The van der Waals surface area contributed by atoms with E-state index in [2.05, 4.69) is 51.6 Å². The Hall–Kier alpha value is -6.02. The summed E-state index contributed by atoms with van der Waals surface area (Å²) < 4.78 is 2.06. The predicted molar refractivity (Wildman–Crippen MR) is 195 cm³/mol. The molecule has 2 atom stereocenters. The van der Waals surface area contributed by atoms with Crippen molar-refractivity contribution in [3.8, 4) is 5.75 Å². The summed E-state index contributed by atoms with van der Waals surface area (Å²) in [5.74, 6) is -1.16. The van der Waals surface area contributed by atoms with Crippen LogP contribution in [0.25, 0.3) is 10.8 Å². The summed E-state index contributed by atoms with van der Waals surface area (Å²) in [5.41, 5.74) is 3.01. The summed E-state index contributed by atoms with van der Waals surface area (Å²) in [7, 11) is 0. The first-order valence-corrected chi connectivity index (χ1v) is 16.8. The first-order chi connectivity index (χ1) is 24.3. The molecule has 3 N–H and O–H groups in total. The van der Waals surface area contributed by atoms with E-state index in [-0.39, 0.29) is 23.7 Å². The van der Waals surface area contributed by atoms with Crippen LogP contribution < -0.4 is 10.6 Å². The lowest BCUT2D eigenvalue weighted by atomic mass is 9.77. The van der Waals surface area contributed by atoms with Gasteiger partial charge in [0.1, 0.15) is 23.6 Å². The number of hydrogen-bond acceptors (Lipinski definition) is 5. The Morgan fingerprint density at radius 2 is 1.34 bits per heavy atom. The second kappa shape index (κ2) is 15.0. The van der Waals surface area contributed by atoms with Crippen molar-refractivity contribution in [2.75, 3.05) is 0 Å². The van der Waals surface area contributed by atoms with E-state index < -0.39 is 29.4 Å². The molecular formula is C42H40N4O4. The number of aldehydes is 1. The molecule has 8 nitrogen and oxygen atoms in total. The monoisotopic (exact) mass is 664 g/mol. The van der Waals surface area contributed by atoms with Gasteiger partial charge in [-0.3, -0.25) is 9.59 Å². The molecule has 0 aliphatic rings. The van der Waals surface area contributed by atoms with Gasteiger partial charge in [0.05, 0.1) is 23.6 Å². The first-order valence-electron chi connectivity index (χ1n) is 16.8. The standard InChI is InChI=1S/C42H40N4O4/c1-29(2)24-38(45-40(49)37-23-22-30-14-12-13-21-36(30)39(37)48)41(50)44-35(27-47)25-34-26-46(28-43-34)42(31-15-6-3-7-16-31,32-17-8-4-9-18-32)33-19-10-5-11-20-33/h3-23,26-29,35,38,48H,24-25H2,1-2H3,(H,44,50)(H,45,49)/t35-,38-/m0/s1. The van der Waals surface area contributed by atoms with Crippen LogP contribution in [-0.4, -0.2) is 44.8 Å². The quantitative estimate of drug-likeness (QED) is 0.0945. The summed E-state index contributed by atoms with van der Waals surface area (Å²) in [6.45, 7) is 3.89. The van der Waals surface area contributed by atoms with Gasteiger partial charge in [0.25, 0.3) is 5.91 Å². The number of rotatable bonds is 13. The summed E-state index contributed by atoms with van der Waals surface area (Å²) in [5, 5.41) is 17.8. The number of phenols is 1. The lowest BCUT2D eigenvalue weighted by Crippen LogP contribution is -2.51. The van der Waals surface area contributed by atoms with Gasteiger partial charge >= 0.3 is 0 Å². The minimum Gasteiger partial charge on any atom is -0.506 e. The van der Waals surface area contributed by atoms with Crippen molar-refractivity contribution >= 4 is 28.9 Å². The van der Waals surface area contributed by atoms with Crippen LogP contribution in [0, 0.1) is 5.92 Å². The molecule has 0 bridgehead atoms. The highest BCUT2D eigenvalue weighted by Gasteiger charge is 2.38. The SMILES string of the molecule is CC(C)C[C@H](NC(=O)c1ccc2ccccc2c1O)C(=O)N[C@H](C=O)Cc1cn(C(c2ccccc2)(c2ccccc2)c2ccccc2)cn1. The summed E-state index contributed by atoms with van der Waals surface area (Å²) in [6.07, 6.45) is 4.86. The number of carbonyl (C=O) groups is 3. The fourth-order valence-electron chi connectivity index (χ4n) is 6.66. The van der Waals surface area contributed by atoms with Crippen molar-refractivity contribution in [2.45, 2.75) is 44.3 Å². The van der Waals surface area contributed by atoms with Crippen LogP contribution in [0.2, 0.25) is 0 Å². The van der Waals surface area contributed by atoms with Crippen LogP contribution >= 0.6 is 0 Å². The molecule has 6 aromatic rings. The molecule has 2 amide bonds. The number of aromatic hydroxyl groups is 1. The highest BCUT2D eigenvalue weighted by atomic mass is 16.3. The molecule has 0 aliphatic heterocycles. The molecule has 0 aliphatic carbocycles. The second-order valence-corrected chi connectivity index (χ2v) is 12.9. The maximum absolute atomic E-state index is 13.6. The largest absolute Gasteiger partial charge is 0.506 e. The van der Waals surface area contributed by atoms with Gasteiger partial charge in [0.2, 0.25) is 5.91 Å². The Morgan fingerprint density at radius 3 is 1.90 bits per heavy atom. The maximum Gasteiger partial charge on any atom is 0.255 e. The average molecular weight is 665 g/mol. The van der Waals surface area contributed by atoms with Crippen molar-refractivity contribution in [1.82, 2.24) is 20.2 Å². The topological polar surface area (TPSA) is 113 Å². The Balaban J connectivity index is 1.26. The molecular weight excluding hydrogens is 624 g/mol. The Bertz CT molecular complexity index is 1980. The van der Waals surface area contributed by atoms with Crippen molar-refractivity contribution in [3.63, 3.8) is 0 Å². The number of fused-ring (bicyclic) bond motifs is 1. The van der Waals surface area contributed by atoms with Crippen molar-refractivity contribution in [3.05, 3.63) is 168 Å². The third-order valence-corrected chi connectivity index (χ3v) is 8.99. The summed E-state index contributed by atoms with van der Waals surface area (Å²) in [4.78, 5) is 44.1. The van der Waals surface area contributed by atoms with Gasteiger partial charge in [-0.2, -0.15) is 0 Å². The highest BCUT2D eigenvalue weighted by Crippen LogP contribution is 2.40. The smallest absolute Gasteiger partial charge is 0.255 e. The van der Waals surface area contributed by atoms with E-state index in [9.17, 15) is 19.5 Å². The van der Waals surface area contributed by atoms with E-state index in [0.717, 1.165) is 22.1 Å². The summed E-state index contributed by atoms with van der Waals surface area (Å²) >= 11 is 0. The van der Waals surface area contributed by atoms with Crippen LogP contribution in [-0.2, 0) is 21.5 Å². The Morgan fingerprint density at radius 1 is 0.780 bits per heavy atom. The molecule has 0 spiro atoms. The number of imidazole rings is 1. The minimum absolute atomic E-state index is 0.0590. The van der Waals surface area contributed by atoms with E-state index in [4.69, 9.17) is 4.98 Å². The fraction of sp³-hybridized carbons (Fsp3) is 0.190. The molecule has 0 unspecified atom stereocenters. The molecule has 1 aromatic heterocycles. The Kier molecular flexibility index (Phi) is 10.2. The molecule has 252 valence electrons. The molecule has 50 heavy (non-hydrogen) atoms. The van der Waals surface area contributed by atoms with Gasteiger partial charge in [-0.15, -0.1) is 0 Å². The Labute approximate surface area is 291 Å². The zero-order chi connectivity index (χ0) is 35.1. The van der Waals surface area contributed by atoms with Gasteiger partial charge in [0.15, 0.2) is 0 Å². The number of amides is 2. The van der Waals surface area contributed by atoms with Crippen LogP contribution in [0.4, 0.5) is 0 Å². The van der Waals surface area contributed by atoms with E-state index >= 15 is 0 Å². The zero-order valence-electron chi connectivity index (χ0n) is 28.1. The number of aromatic nitrogens is 2. The first kappa shape index (κ1) is 33.9. The molecule has 8 heteroatoms. The van der Waals surface area contributed by atoms with E-state index in [1.54, 1.807) is 30.6 Å². The maximum atomic E-state index is 13.6. The van der Waals surface area contributed by atoms with Gasteiger partial charge in [0, 0.05) is 18.0 Å². The predicted octanol–water partition coefficient (Wildman–Crippen LogP) is 6.65. The molecule has 5 aromatic carbocycles. The van der Waals surface area contributed by atoms with E-state index in [1.165, 1.54) is 0 Å². The van der Waals surface area contributed by atoms with Gasteiger partial charge in [-0.1, -0.05) is 135 Å². The molecule has 1 heterocycles. The van der Waals surface area contributed by atoms with Crippen LogP contribution in [0.1, 0.15) is 53.0 Å². The van der Waals surface area contributed by atoms with Crippen LogP contribution in [0.3, 0.4) is 0 Å². The fourth-order valence-corrected chi connectivity index (χ4v) is 6.66. The average Bonchev–Trinajstić information content (AvgIpc) is 3.61. The second-order valence-electron chi connectivity index (χ2n) is 12.9. The van der Waals surface area contributed by atoms with Gasteiger partial charge in [-0.25, -0.2) is 4.98 Å². The van der Waals surface area contributed by atoms with E-state index in [0.29, 0.717) is 23.8 Å². The number of nitrogens with zero attached hydrogens (tertiary/aromatic N) is 2. The molecule has 0 radical (unpaired) electrons. The molecule has 0 saturated carbocycles. The van der Waals surface area contributed by atoms with E-state index in [1.807, 2.05) is 86.8 Å². The number of nitrogens with one attached hydrogen (secondary N) is 2. The van der Waals surface area contributed by atoms with Crippen molar-refractivity contribution in [2.24, 2.45) is 5.92 Å².